The summed E-state index contributed by atoms with van der Waals surface area (Å²) in [6, 6.07) is 17.5. The summed E-state index contributed by atoms with van der Waals surface area (Å²) in [7, 11) is 2.30. The molecule has 0 unspecified atom stereocenters. The molecule has 0 spiro atoms. The monoisotopic (exact) mass is 1080 g/mol. The van der Waals surface area contributed by atoms with Crippen molar-refractivity contribution < 1.29 is 47.4 Å². The summed E-state index contributed by atoms with van der Waals surface area (Å²) in [6.45, 7) is 21.0. The maximum absolute atomic E-state index is 12.5. The average Bonchev–Trinajstić information content (AvgIpc) is 4.19. The highest BCUT2D eigenvalue weighted by Gasteiger charge is 2.53. The Hall–Kier alpha value is -7.30. The number of halogens is 1. The largest absolute Gasteiger partial charge is 0.492 e. The van der Waals surface area contributed by atoms with E-state index >= 15 is 0 Å². The zero-order chi connectivity index (χ0) is 54.1. The highest BCUT2D eigenvalue weighted by molar-refractivity contribution is 9.10. The quantitative estimate of drug-likeness (QED) is 0.0900. The zero-order valence-corrected chi connectivity index (χ0v) is 45.3. The molecule has 20 nitrogen and oxygen atoms in total. The minimum atomic E-state index is -0.565. The van der Waals surface area contributed by atoms with Crippen molar-refractivity contribution >= 4 is 75.7 Å². The Morgan fingerprint density at radius 1 is 0.635 bits per heavy atom. The number of carbonyl (C=O) groups is 4. The second kappa shape index (κ2) is 21.3. The number of methoxy groups -OCH3 is 2. The van der Waals surface area contributed by atoms with Crippen LogP contribution in [0.25, 0.3) is 39.4 Å². The molecule has 3 aliphatic rings. The molecule has 0 saturated carbocycles. The number of amides is 2. The van der Waals surface area contributed by atoms with Gasteiger partial charge in [-0.25, -0.2) is 39.1 Å². The van der Waals surface area contributed by atoms with E-state index in [1.165, 1.54) is 14.2 Å². The van der Waals surface area contributed by atoms with E-state index in [0.29, 0.717) is 59.5 Å². The van der Waals surface area contributed by atoms with Gasteiger partial charge in [0.1, 0.15) is 27.5 Å². The van der Waals surface area contributed by atoms with Crippen molar-refractivity contribution in [3.05, 3.63) is 112 Å². The molecule has 1 saturated heterocycles. The van der Waals surface area contributed by atoms with Gasteiger partial charge >= 0.3 is 31.2 Å². The van der Waals surface area contributed by atoms with Crippen LogP contribution in [0, 0.1) is 0 Å². The van der Waals surface area contributed by atoms with Gasteiger partial charge in [0.05, 0.1) is 59.8 Å². The van der Waals surface area contributed by atoms with Gasteiger partial charge in [-0.05, 0) is 133 Å². The van der Waals surface area contributed by atoms with Crippen LogP contribution in [-0.4, -0.2) is 133 Å². The first-order valence-electron chi connectivity index (χ1n) is 23.7. The van der Waals surface area contributed by atoms with Gasteiger partial charge in [0, 0.05) is 43.2 Å². The molecule has 390 valence electrons. The van der Waals surface area contributed by atoms with E-state index in [1.807, 2.05) is 93.5 Å². The number of nitrogens with two attached hydrogens (primary N) is 2. The maximum atomic E-state index is 12.5. The number of benzene rings is 2. The minimum absolute atomic E-state index is 0.288. The third-order valence-electron chi connectivity index (χ3n) is 12.3. The molecule has 3 aliphatic heterocycles. The van der Waals surface area contributed by atoms with Gasteiger partial charge in [0.25, 0.3) is 0 Å². The predicted molar refractivity (Wildman–Crippen MR) is 284 cm³/mol. The van der Waals surface area contributed by atoms with Crippen molar-refractivity contribution in [2.75, 3.05) is 51.9 Å². The molecule has 6 aromatic rings. The number of fused-ring (bicyclic) bond motifs is 2. The number of aromatic nitrogens is 6. The van der Waals surface area contributed by atoms with Crippen LogP contribution in [0.1, 0.15) is 95.6 Å². The van der Waals surface area contributed by atoms with Crippen LogP contribution in [-0.2, 0) is 28.3 Å². The van der Waals surface area contributed by atoms with Gasteiger partial charge < -0.3 is 49.5 Å². The molecule has 2 aromatic carbocycles. The van der Waals surface area contributed by atoms with E-state index in [-0.39, 0.29) is 42.4 Å². The first-order valence-corrected chi connectivity index (χ1v) is 24.5. The fourth-order valence-electron chi connectivity index (χ4n) is 7.85. The summed E-state index contributed by atoms with van der Waals surface area (Å²) in [5, 5.41) is 0. The Kier molecular flexibility index (Phi) is 15.7. The third-order valence-corrected chi connectivity index (χ3v) is 12.9. The van der Waals surface area contributed by atoms with Crippen molar-refractivity contribution in [2.45, 2.75) is 91.6 Å². The molecule has 9 rings (SSSR count). The molecule has 0 atom stereocenters. The summed E-state index contributed by atoms with van der Waals surface area (Å²) >= 11 is 3.41. The lowest BCUT2D eigenvalue weighted by molar-refractivity contribution is 0.00578. The molecule has 4 aromatic heterocycles. The van der Waals surface area contributed by atoms with E-state index in [0.717, 1.165) is 38.9 Å². The van der Waals surface area contributed by atoms with Crippen LogP contribution in [0.4, 0.5) is 21.5 Å². The molecule has 4 N–H and O–H groups in total. The van der Waals surface area contributed by atoms with E-state index in [2.05, 4.69) is 35.6 Å². The molecular weight excluding hydrogens is 1020 g/mol. The smallest absolute Gasteiger partial charge is 0.465 e. The summed E-state index contributed by atoms with van der Waals surface area (Å²) in [5.74, 6) is 1.09. The van der Waals surface area contributed by atoms with Gasteiger partial charge in [-0.2, -0.15) is 0 Å². The summed E-state index contributed by atoms with van der Waals surface area (Å²) in [4.78, 5) is 68.6. The Balaban J connectivity index is 0.000000168. The van der Waals surface area contributed by atoms with Crippen LogP contribution in [0.3, 0.4) is 0 Å². The van der Waals surface area contributed by atoms with Crippen molar-refractivity contribution in [3.63, 3.8) is 0 Å². The first kappa shape index (κ1) is 54.5. The number of esters is 2. The van der Waals surface area contributed by atoms with E-state index < -0.39 is 17.2 Å². The Morgan fingerprint density at radius 2 is 1.07 bits per heavy atom. The number of hydrogen-bond acceptors (Lipinski definition) is 16. The third kappa shape index (κ3) is 12.0. The number of carbonyl (C=O) groups excluding carboxylic acids is 4. The van der Waals surface area contributed by atoms with E-state index in [9.17, 15) is 19.2 Å². The highest BCUT2D eigenvalue weighted by atomic mass is 79.9. The second-order valence-electron chi connectivity index (χ2n) is 20.5. The Labute approximate surface area is 438 Å². The Bertz CT molecular complexity index is 3140. The minimum Gasteiger partial charge on any atom is -0.465 e. The highest BCUT2D eigenvalue weighted by Crippen LogP contribution is 2.39. The number of hydrogen-bond donors (Lipinski definition) is 2. The zero-order valence-electron chi connectivity index (χ0n) is 43.7. The molecule has 2 amide bonds. The molecule has 0 bridgehead atoms. The van der Waals surface area contributed by atoms with Gasteiger partial charge in [-0.15, -0.1) is 0 Å². The van der Waals surface area contributed by atoms with E-state index in [4.69, 9.17) is 40.0 Å². The molecule has 0 radical (unpaired) electrons. The van der Waals surface area contributed by atoms with Crippen LogP contribution >= 0.6 is 15.9 Å². The fourth-order valence-corrected chi connectivity index (χ4v) is 8.33. The topological polar surface area (TPSA) is 243 Å². The lowest BCUT2D eigenvalue weighted by Crippen LogP contribution is -2.41. The fraction of sp³-hybridized carbons (Fsp3) is 0.385. The lowest BCUT2D eigenvalue weighted by Gasteiger charge is -2.32. The molecule has 0 aliphatic carbocycles. The van der Waals surface area contributed by atoms with Crippen LogP contribution in [0.5, 0.6) is 0 Å². The molecule has 22 heteroatoms. The average molecular weight is 1080 g/mol. The lowest BCUT2D eigenvalue weighted by atomic mass is 9.79. The van der Waals surface area contributed by atoms with Crippen molar-refractivity contribution in [1.82, 2.24) is 38.5 Å². The normalized spacial score (nSPS) is 15.9. The summed E-state index contributed by atoms with van der Waals surface area (Å²) in [6.07, 6.45) is 6.54. The molecule has 1 fully saturated rings. The van der Waals surface area contributed by atoms with Crippen LogP contribution < -0.4 is 11.5 Å². The first-order chi connectivity index (χ1) is 34.7. The molecular formula is C52H62BBrN10O10. The van der Waals surface area contributed by atoms with Gasteiger partial charge in [0.2, 0.25) is 11.9 Å². The number of nitrogen functional groups attached to an aromatic ring is 2. The van der Waals surface area contributed by atoms with Gasteiger partial charge in [-0.3, -0.25) is 8.80 Å². The van der Waals surface area contributed by atoms with Crippen molar-refractivity contribution in [2.24, 2.45) is 0 Å². The number of nitrogens with zero attached hydrogens (tertiary/aromatic N) is 8. The Morgan fingerprint density at radius 3 is 1.54 bits per heavy atom. The second-order valence-corrected chi connectivity index (χ2v) is 21.3. The number of ether oxygens (including phenoxy) is 4. The number of rotatable bonds is 6. The van der Waals surface area contributed by atoms with Crippen LogP contribution in [0.15, 0.2) is 95.3 Å². The van der Waals surface area contributed by atoms with Crippen molar-refractivity contribution in [3.8, 4) is 22.8 Å². The van der Waals surface area contributed by atoms with Crippen LogP contribution in [0.2, 0.25) is 0 Å². The maximum Gasteiger partial charge on any atom is 0.492 e. The summed E-state index contributed by atoms with van der Waals surface area (Å²) in [5.41, 5.74) is 17.1. The predicted octanol–water partition coefficient (Wildman–Crippen LogP) is 8.72. The van der Waals surface area contributed by atoms with Crippen molar-refractivity contribution in [1.29, 1.82) is 0 Å². The standard InChI is InChI=1S/C23H25N5O4.C15H26BNO4.C14H11BrN4O2/c1-23(2,3)32-22(30)27-12-10-16(13-27)18-17-9-11-25-21(24)28(17)19(26-18)14-5-7-15(8-6-14)20(29)31-4;1-13(2,3)19-12(18)17-9-8-11(10-17)16-20-14(4,5)15(6,7)21-16;1-21-13(20)9-4-2-8(3-5-9)12-18-11(15)10-6-7-17-14(16)19(10)12/h5-11H,12-13H2,1-4H3,(H2,24,25);8H,9-10H2,1-7H3;2-7H,1H3,(H2,16,17). The van der Waals surface area contributed by atoms with E-state index in [1.54, 1.807) is 79.5 Å². The summed E-state index contributed by atoms with van der Waals surface area (Å²) < 4.78 is 36.5. The van der Waals surface area contributed by atoms with Gasteiger partial charge in [0.15, 0.2) is 0 Å². The molecule has 7 heterocycles. The molecule has 74 heavy (non-hydrogen) atoms. The SMILES string of the molecule is CC(C)(C)OC(=O)N1CC=C(B2OC(C)(C)C(C)(C)O2)C1.COC(=O)c1ccc(-c2nc(Br)c3ccnc(N)n23)cc1.COC(=O)c1ccc(-c2nc(C3=CCN(C(=O)OC(C)(C)C)C3)c3ccnc(N)n23)cc1. The number of imidazole rings is 2. The van der Waals surface area contributed by atoms with Gasteiger partial charge in [-0.1, -0.05) is 36.4 Å². The number of anilines is 2.